The molecule has 3 heteroatoms. The largest absolute Gasteiger partial charge is 0.342 e. The maximum Gasteiger partial charge on any atom is 0.0840 e. The van der Waals surface area contributed by atoms with Gasteiger partial charge in [0.1, 0.15) is 0 Å². The Morgan fingerprint density at radius 1 is 1.10 bits per heavy atom. The second-order valence-electron chi connectivity index (χ2n) is 5.06. The van der Waals surface area contributed by atoms with Crippen molar-refractivity contribution in [2.75, 3.05) is 0 Å². The second-order valence-corrected chi connectivity index (χ2v) is 5.06. The number of benzene rings is 3. The Morgan fingerprint density at radius 2 is 1.85 bits per heavy atom. The molecule has 1 heterocycles. The molecule has 0 fully saturated rings. The van der Waals surface area contributed by atoms with Crippen molar-refractivity contribution in [3.63, 3.8) is 0 Å². The number of aromatic nitrogens is 2. The molecule has 0 aliphatic rings. The zero-order valence-corrected chi connectivity index (χ0v) is 13.7. The quantitative estimate of drug-likeness (QED) is 0.301. The van der Waals surface area contributed by atoms with Crippen LogP contribution in [0.1, 0.15) is 5.56 Å². The minimum absolute atomic E-state index is 0. The summed E-state index contributed by atoms with van der Waals surface area (Å²) in [5, 5.41) is 4.87. The monoisotopic (exact) mass is 438 g/mol. The SMILES string of the molecule is Cc1c[c-]c2c(c1)c1ccccc1c1c2ncn1C.[Ir]. The van der Waals surface area contributed by atoms with Crippen LogP contribution in [-0.2, 0) is 27.2 Å². The first-order valence-electron chi connectivity index (χ1n) is 6.39. The summed E-state index contributed by atoms with van der Waals surface area (Å²) in [5.41, 5.74) is 3.45. The first-order chi connectivity index (χ1) is 9.25. The van der Waals surface area contributed by atoms with Crippen LogP contribution in [0.15, 0.2) is 42.7 Å². The molecule has 1 aromatic heterocycles. The summed E-state index contributed by atoms with van der Waals surface area (Å²) >= 11 is 0. The Labute approximate surface area is 130 Å². The van der Waals surface area contributed by atoms with E-state index in [4.69, 9.17) is 0 Å². The molecule has 4 aromatic rings. The third-order valence-electron chi connectivity index (χ3n) is 3.73. The molecule has 0 bridgehead atoms. The van der Waals surface area contributed by atoms with Crippen molar-refractivity contribution < 1.29 is 20.1 Å². The van der Waals surface area contributed by atoms with Crippen molar-refractivity contribution >= 4 is 32.6 Å². The van der Waals surface area contributed by atoms with E-state index in [1.54, 1.807) is 0 Å². The van der Waals surface area contributed by atoms with Gasteiger partial charge in [-0.15, -0.1) is 29.1 Å². The Balaban J connectivity index is 0.00000121. The number of imidazole rings is 1. The molecule has 0 aliphatic heterocycles. The van der Waals surface area contributed by atoms with Crippen molar-refractivity contribution in [3.05, 3.63) is 54.4 Å². The van der Waals surface area contributed by atoms with E-state index < -0.39 is 0 Å². The Bertz CT molecular complexity index is 938. The second kappa shape index (κ2) is 4.69. The molecule has 0 saturated heterocycles. The van der Waals surface area contributed by atoms with Crippen molar-refractivity contribution in [2.24, 2.45) is 7.05 Å². The van der Waals surface area contributed by atoms with Crippen LogP contribution in [0.4, 0.5) is 0 Å². The zero-order chi connectivity index (χ0) is 13.0. The number of nitrogens with zero attached hydrogens (tertiary/aromatic N) is 2. The smallest absolute Gasteiger partial charge is 0.0840 e. The number of fused-ring (bicyclic) bond motifs is 6. The molecule has 20 heavy (non-hydrogen) atoms. The first-order valence-corrected chi connectivity index (χ1v) is 6.39. The van der Waals surface area contributed by atoms with Gasteiger partial charge in [0.15, 0.2) is 0 Å². The van der Waals surface area contributed by atoms with Crippen LogP contribution in [0.3, 0.4) is 0 Å². The third-order valence-corrected chi connectivity index (χ3v) is 3.73. The molecule has 2 nitrogen and oxygen atoms in total. The van der Waals surface area contributed by atoms with Crippen LogP contribution >= 0.6 is 0 Å². The minimum Gasteiger partial charge on any atom is -0.342 e. The average molecular weight is 438 g/mol. The van der Waals surface area contributed by atoms with Gasteiger partial charge >= 0.3 is 0 Å². The van der Waals surface area contributed by atoms with Crippen LogP contribution in [0.2, 0.25) is 0 Å². The fourth-order valence-electron chi connectivity index (χ4n) is 2.87. The van der Waals surface area contributed by atoms with Crippen LogP contribution in [0.25, 0.3) is 32.6 Å². The fourth-order valence-corrected chi connectivity index (χ4v) is 2.87. The number of aryl methyl sites for hydroxylation is 2. The van der Waals surface area contributed by atoms with Crippen molar-refractivity contribution in [2.45, 2.75) is 6.92 Å². The maximum atomic E-state index is 4.56. The Kier molecular flexibility index (Phi) is 3.12. The summed E-state index contributed by atoms with van der Waals surface area (Å²) in [4.78, 5) is 4.56. The van der Waals surface area contributed by atoms with Crippen LogP contribution in [-0.4, -0.2) is 9.55 Å². The van der Waals surface area contributed by atoms with Crippen LogP contribution < -0.4 is 0 Å². The topological polar surface area (TPSA) is 17.8 Å². The van der Waals surface area contributed by atoms with Crippen molar-refractivity contribution in [3.8, 4) is 0 Å². The molecule has 101 valence electrons. The standard InChI is InChI=1S/C17H13N2.Ir/c1-11-7-8-13-15(9-11)12-5-3-4-6-14(12)17-16(13)18-10-19(17)2;/h3-7,9-10H,1-2H3;/q-1;. The van der Waals surface area contributed by atoms with Crippen molar-refractivity contribution in [1.29, 1.82) is 0 Å². The van der Waals surface area contributed by atoms with Crippen LogP contribution in [0.5, 0.6) is 0 Å². The molecule has 4 rings (SSSR count). The number of hydrogen-bond donors (Lipinski definition) is 0. The van der Waals surface area contributed by atoms with Gasteiger partial charge in [0.05, 0.1) is 6.33 Å². The predicted octanol–water partition coefficient (Wildman–Crippen LogP) is 3.99. The van der Waals surface area contributed by atoms with E-state index in [2.05, 4.69) is 52.9 Å². The molecule has 0 unspecified atom stereocenters. The molecule has 1 radical (unpaired) electrons. The van der Waals surface area contributed by atoms with E-state index in [0.29, 0.717) is 0 Å². The molecule has 3 aromatic carbocycles. The zero-order valence-electron chi connectivity index (χ0n) is 11.3. The molecular formula is C17H13IrN2-. The molecule has 0 spiro atoms. The molecule has 0 N–H and O–H groups in total. The van der Waals surface area contributed by atoms with Gasteiger partial charge in [-0.2, -0.15) is 0 Å². The van der Waals surface area contributed by atoms with E-state index in [0.717, 1.165) is 10.9 Å². The van der Waals surface area contributed by atoms with E-state index in [1.807, 2.05) is 19.4 Å². The van der Waals surface area contributed by atoms with Gasteiger partial charge in [0.2, 0.25) is 0 Å². The van der Waals surface area contributed by atoms with Gasteiger partial charge < -0.3 is 4.57 Å². The van der Waals surface area contributed by atoms with Crippen LogP contribution in [0, 0.1) is 13.0 Å². The van der Waals surface area contributed by atoms with Gasteiger partial charge in [-0.1, -0.05) is 42.0 Å². The molecular weight excluding hydrogens is 424 g/mol. The van der Waals surface area contributed by atoms with E-state index in [-0.39, 0.29) is 20.1 Å². The summed E-state index contributed by atoms with van der Waals surface area (Å²) in [6.07, 6.45) is 1.88. The number of hydrogen-bond acceptors (Lipinski definition) is 1. The van der Waals surface area contributed by atoms with Gasteiger partial charge in [-0.05, 0) is 5.39 Å². The molecule has 0 atom stereocenters. The third kappa shape index (κ3) is 1.71. The Morgan fingerprint density at radius 3 is 2.65 bits per heavy atom. The van der Waals surface area contributed by atoms with E-state index in [1.165, 1.54) is 27.2 Å². The van der Waals surface area contributed by atoms with Gasteiger partial charge in [-0.25, -0.2) is 0 Å². The minimum atomic E-state index is 0. The average Bonchev–Trinajstić information content (AvgIpc) is 2.81. The summed E-state index contributed by atoms with van der Waals surface area (Å²) in [6, 6.07) is 16.2. The Hall–Kier alpha value is -1.70. The summed E-state index contributed by atoms with van der Waals surface area (Å²) in [6.45, 7) is 2.10. The maximum absolute atomic E-state index is 4.56. The van der Waals surface area contributed by atoms with E-state index in [9.17, 15) is 0 Å². The molecule has 0 aliphatic carbocycles. The van der Waals surface area contributed by atoms with Crippen molar-refractivity contribution in [1.82, 2.24) is 9.55 Å². The van der Waals surface area contributed by atoms with Gasteiger partial charge in [0.25, 0.3) is 0 Å². The molecule has 0 amide bonds. The molecule has 0 saturated carbocycles. The summed E-state index contributed by atoms with van der Waals surface area (Å²) < 4.78 is 2.09. The van der Waals surface area contributed by atoms with Gasteiger partial charge in [0, 0.05) is 38.2 Å². The number of rotatable bonds is 0. The van der Waals surface area contributed by atoms with Gasteiger partial charge in [-0.3, -0.25) is 4.98 Å². The fraction of sp³-hybridized carbons (Fsp3) is 0.118. The summed E-state index contributed by atoms with van der Waals surface area (Å²) in [7, 11) is 2.04. The van der Waals surface area contributed by atoms with E-state index >= 15 is 0 Å². The first kappa shape index (κ1) is 13.3. The normalized spacial score (nSPS) is 11.1. The predicted molar refractivity (Wildman–Crippen MR) is 79.3 cm³/mol. The summed E-state index contributed by atoms with van der Waals surface area (Å²) in [5.74, 6) is 0.